The van der Waals surface area contributed by atoms with E-state index in [0.29, 0.717) is 25.1 Å². The number of carboxylic acid groups (broad SMARTS) is 1. The SMILES string of the molecule is COCC1(C(=O)O)CCCN(C(=O)Cc2cc(C)ccc2OC)C1. The molecule has 6 nitrogen and oxygen atoms in total. The first-order valence-corrected chi connectivity index (χ1v) is 8.05. The fourth-order valence-corrected chi connectivity index (χ4v) is 3.30. The minimum Gasteiger partial charge on any atom is -0.496 e. The van der Waals surface area contributed by atoms with Crippen molar-refractivity contribution in [3.63, 3.8) is 0 Å². The molecule has 0 saturated carbocycles. The van der Waals surface area contributed by atoms with Crippen LogP contribution in [-0.2, 0) is 20.7 Å². The van der Waals surface area contributed by atoms with Gasteiger partial charge in [-0.15, -0.1) is 0 Å². The molecule has 0 aliphatic carbocycles. The number of hydrogen-bond acceptors (Lipinski definition) is 4. The van der Waals surface area contributed by atoms with Crippen molar-refractivity contribution >= 4 is 11.9 Å². The number of nitrogens with zero attached hydrogens (tertiary/aromatic N) is 1. The third-order valence-electron chi connectivity index (χ3n) is 4.58. The van der Waals surface area contributed by atoms with E-state index in [1.807, 2.05) is 25.1 Å². The molecule has 24 heavy (non-hydrogen) atoms. The number of piperidine rings is 1. The molecular formula is C18H25NO5. The lowest BCUT2D eigenvalue weighted by molar-refractivity contribution is -0.159. The maximum atomic E-state index is 12.7. The number of aryl methyl sites for hydroxylation is 1. The van der Waals surface area contributed by atoms with Crippen LogP contribution in [0.4, 0.5) is 0 Å². The Labute approximate surface area is 142 Å². The maximum Gasteiger partial charge on any atom is 0.313 e. The number of hydrogen-bond donors (Lipinski definition) is 1. The predicted octanol–water partition coefficient (Wildman–Crippen LogP) is 1.89. The average Bonchev–Trinajstić information content (AvgIpc) is 2.55. The van der Waals surface area contributed by atoms with Crippen LogP contribution in [0.2, 0.25) is 0 Å². The minimum atomic E-state index is -1.01. The lowest BCUT2D eigenvalue weighted by Gasteiger charge is -2.39. The Morgan fingerprint density at radius 2 is 2.08 bits per heavy atom. The summed E-state index contributed by atoms with van der Waals surface area (Å²) < 4.78 is 10.4. The fourth-order valence-electron chi connectivity index (χ4n) is 3.30. The van der Waals surface area contributed by atoms with Crippen LogP contribution in [-0.4, -0.2) is 55.8 Å². The van der Waals surface area contributed by atoms with Crippen LogP contribution in [0.3, 0.4) is 0 Å². The van der Waals surface area contributed by atoms with Crippen molar-refractivity contribution in [1.29, 1.82) is 0 Å². The zero-order chi connectivity index (χ0) is 17.7. The van der Waals surface area contributed by atoms with Crippen molar-refractivity contribution in [1.82, 2.24) is 4.90 Å². The van der Waals surface area contributed by atoms with Crippen molar-refractivity contribution in [2.45, 2.75) is 26.2 Å². The number of amides is 1. The zero-order valence-electron chi connectivity index (χ0n) is 14.5. The highest BCUT2D eigenvalue weighted by Gasteiger charge is 2.43. The lowest BCUT2D eigenvalue weighted by atomic mass is 9.80. The van der Waals surface area contributed by atoms with Gasteiger partial charge in [-0.1, -0.05) is 17.7 Å². The summed E-state index contributed by atoms with van der Waals surface area (Å²) in [5, 5.41) is 9.59. The number of benzene rings is 1. The lowest BCUT2D eigenvalue weighted by Crippen LogP contribution is -2.52. The van der Waals surface area contributed by atoms with Gasteiger partial charge in [0.25, 0.3) is 0 Å². The minimum absolute atomic E-state index is 0.0830. The summed E-state index contributed by atoms with van der Waals surface area (Å²) in [5.74, 6) is -0.317. The molecular weight excluding hydrogens is 310 g/mol. The zero-order valence-corrected chi connectivity index (χ0v) is 14.5. The highest BCUT2D eigenvalue weighted by Crippen LogP contribution is 2.31. The van der Waals surface area contributed by atoms with Gasteiger partial charge in [-0.05, 0) is 25.8 Å². The fraction of sp³-hybridized carbons (Fsp3) is 0.556. The number of carbonyl (C=O) groups excluding carboxylic acids is 1. The monoisotopic (exact) mass is 335 g/mol. The molecule has 1 saturated heterocycles. The molecule has 0 radical (unpaired) electrons. The molecule has 2 rings (SSSR count). The Kier molecular flexibility index (Phi) is 5.83. The van der Waals surface area contributed by atoms with Crippen LogP contribution in [0.5, 0.6) is 5.75 Å². The Bertz CT molecular complexity index is 611. The van der Waals surface area contributed by atoms with Crippen molar-refractivity contribution in [2.24, 2.45) is 5.41 Å². The topological polar surface area (TPSA) is 76.1 Å². The van der Waals surface area contributed by atoms with E-state index in [-0.39, 0.29) is 25.5 Å². The summed E-state index contributed by atoms with van der Waals surface area (Å²) in [4.78, 5) is 26.0. The van der Waals surface area contributed by atoms with Gasteiger partial charge in [-0.2, -0.15) is 0 Å². The van der Waals surface area contributed by atoms with Crippen molar-refractivity contribution in [3.8, 4) is 5.75 Å². The van der Waals surface area contributed by atoms with E-state index >= 15 is 0 Å². The summed E-state index contributed by atoms with van der Waals surface area (Å²) in [6, 6.07) is 5.71. The smallest absolute Gasteiger partial charge is 0.313 e. The molecule has 132 valence electrons. The molecule has 1 aromatic rings. The van der Waals surface area contributed by atoms with Crippen LogP contribution in [0.25, 0.3) is 0 Å². The van der Waals surface area contributed by atoms with Gasteiger partial charge in [-0.25, -0.2) is 0 Å². The standard InChI is InChI=1S/C18H25NO5/c1-13-5-6-15(24-3)14(9-13)10-16(20)19-8-4-7-18(11-19,12-23-2)17(21)22/h5-6,9H,4,7-8,10-12H2,1-3H3,(H,21,22). The summed E-state index contributed by atoms with van der Waals surface area (Å²) in [6.07, 6.45) is 1.38. The van der Waals surface area contributed by atoms with Crippen molar-refractivity contribution in [2.75, 3.05) is 33.9 Å². The van der Waals surface area contributed by atoms with Gasteiger partial charge in [0.15, 0.2) is 0 Å². The second-order valence-electron chi connectivity index (χ2n) is 6.43. The second kappa shape index (κ2) is 7.66. The Hall–Kier alpha value is -2.08. The third-order valence-corrected chi connectivity index (χ3v) is 4.58. The van der Waals surface area contributed by atoms with Gasteiger partial charge in [0, 0.05) is 25.8 Å². The molecule has 1 N–H and O–H groups in total. The van der Waals surface area contributed by atoms with E-state index in [9.17, 15) is 14.7 Å². The number of aliphatic carboxylic acids is 1. The Morgan fingerprint density at radius 3 is 2.71 bits per heavy atom. The van der Waals surface area contributed by atoms with Crippen molar-refractivity contribution in [3.05, 3.63) is 29.3 Å². The molecule has 0 bridgehead atoms. The van der Waals surface area contributed by atoms with E-state index in [1.165, 1.54) is 7.11 Å². The van der Waals surface area contributed by atoms with Crippen LogP contribution in [0.1, 0.15) is 24.0 Å². The largest absolute Gasteiger partial charge is 0.496 e. The van der Waals surface area contributed by atoms with Gasteiger partial charge in [-0.3, -0.25) is 9.59 Å². The number of methoxy groups -OCH3 is 2. The highest BCUT2D eigenvalue weighted by molar-refractivity contribution is 5.82. The number of carboxylic acids is 1. The van der Waals surface area contributed by atoms with Crippen LogP contribution < -0.4 is 4.74 Å². The first-order valence-electron chi connectivity index (χ1n) is 8.05. The van der Waals surface area contributed by atoms with Gasteiger partial charge < -0.3 is 19.5 Å². The van der Waals surface area contributed by atoms with Crippen LogP contribution in [0.15, 0.2) is 18.2 Å². The van der Waals surface area contributed by atoms with Gasteiger partial charge in [0.1, 0.15) is 11.2 Å². The Morgan fingerprint density at radius 1 is 1.33 bits per heavy atom. The van der Waals surface area contributed by atoms with E-state index in [2.05, 4.69) is 0 Å². The maximum absolute atomic E-state index is 12.7. The molecule has 0 spiro atoms. The Balaban J connectivity index is 2.15. The molecule has 1 aliphatic rings. The highest BCUT2D eigenvalue weighted by atomic mass is 16.5. The van der Waals surface area contributed by atoms with Crippen LogP contribution in [0, 0.1) is 12.3 Å². The van der Waals surface area contributed by atoms with E-state index in [1.54, 1.807) is 12.0 Å². The molecule has 1 aromatic carbocycles. The van der Waals surface area contributed by atoms with Crippen LogP contribution >= 0.6 is 0 Å². The summed E-state index contributed by atoms with van der Waals surface area (Å²) in [7, 11) is 3.07. The van der Waals surface area contributed by atoms with Crippen molar-refractivity contribution < 1.29 is 24.2 Å². The van der Waals surface area contributed by atoms with Gasteiger partial charge >= 0.3 is 5.97 Å². The number of carbonyl (C=O) groups is 2. The molecule has 1 unspecified atom stereocenters. The van der Waals surface area contributed by atoms with Gasteiger partial charge in [0.05, 0.1) is 20.1 Å². The normalized spacial score (nSPS) is 20.7. The molecule has 1 fully saturated rings. The third kappa shape index (κ3) is 3.87. The number of rotatable bonds is 6. The van der Waals surface area contributed by atoms with E-state index < -0.39 is 11.4 Å². The van der Waals surface area contributed by atoms with E-state index in [4.69, 9.17) is 9.47 Å². The quantitative estimate of drug-likeness (QED) is 0.859. The van der Waals surface area contributed by atoms with E-state index in [0.717, 1.165) is 11.1 Å². The molecule has 6 heteroatoms. The summed E-state index contributed by atoms with van der Waals surface area (Å²) in [6.45, 7) is 2.83. The molecule has 1 atom stereocenters. The molecule has 1 aliphatic heterocycles. The summed E-state index contributed by atoms with van der Waals surface area (Å²) in [5.41, 5.74) is 0.858. The number of likely N-dealkylation sites (tertiary alicyclic amines) is 1. The molecule has 0 aromatic heterocycles. The molecule has 1 amide bonds. The first-order chi connectivity index (χ1) is 11.4. The van der Waals surface area contributed by atoms with Gasteiger partial charge in [0.2, 0.25) is 5.91 Å². The molecule has 1 heterocycles. The first kappa shape index (κ1) is 18.3. The average molecular weight is 335 g/mol. The number of ether oxygens (including phenoxy) is 2. The summed E-state index contributed by atoms with van der Waals surface area (Å²) >= 11 is 0. The second-order valence-corrected chi connectivity index (χ2v) is 6.43. The predicted molar refractivity (Wildman–Crippen MR) is 89.2 cm³/mol.